The molecule has 0 aromatic rings. The molecule has 0 unspecified atom stereocenters. The van der Waals surface area contributed by atoms with Gasteiger partial charge in [0.2, 0.25) is 0 Å². The van der Waals surface area contributed by atoms with E-state index in [0.717, 1.165) is 12.8 Å². The van der Waals surface area contributed by atoms with Gasteiger partial charge in [-0.05, 0) is 26.7 Å². The molecular weight excluding hydrogens is 152 g/mol. The molecule has 1 atom stereocenters. The van der Waals surface area contributed by atoms with Gasteiger partial charge in [0.05, 0.1) is 13.0 Å². The van der Waals surface area contributed by atoms with Crippen molar-refractivity contribution in [3.63, 3.8) is 0 Å². The van der Waals surface area contributed by atoms with Crippen LogP contribution >= 0.6 is 0 Å². The van der Waals surface area contributed by atoms with Gasteiger partial charge >= 0.3 is 5.97 Å². The van der Waals surface area contributed by atoms with Crippen LogP contribution in [0.1, 0.15) is 33.1 Å². The molecule has 0 bridgehead atoms. The minimum absolute atomic E-state index is 0.0304. The first-order valence-corrected chi connectivity index (χ1v) is 4.47. The molecule has 1 fully saturated rings. The first-order chi connectivity index (χ1) is 5.68. The van der Waals surface area contributed by atoms with Gasteiger partial charge in [0.15, 0.2) is 0 Å². The third-order valence-corrected chi connectivity index (χ3v) is 2.06. The van der Waals surface area contributed by atoms with Crippen LogP contribution in [0, 0.1) is 5.92 Å². The minimum Gasteiger partial charge on any atom is -0.465 e. The predicted molar refractivity (Wildman–Crippen MR) is 47.7 cm³/mol. The number of carbonyl (C=O) groups excluding carboxylic acids is 1. The molecule has 1 aliphatic rings. The van der Waals surface area contributed by atoms with E-state index in [2.05, 4.69) is 19.9 Å². The summed E-state index contributed by atoms with van der Waals surface area (Å²) in [7, 11) is 0. The Hall–Kier alpha value is -0.790. The maximum atomic E-state index is 10.7. The summed E-state index contributed by atoms with van der Waals surface area (Å²) in [5.41, 5.74) is 1.35. The van der Waals surface area contributed by atoms with Crippen molar-refractivity contribution in [1.82, 2.24) is 0 Å². The SMILES string of the molecule is CC(C)=CCC[C@@H]1COC(=O)C1. The first kappa shape index (κ1) is 9.30. The van der Waals surface area contributed by atoms with Crippen molar-refractivity contribution >= 4 is 5.97 Å². The van der Waals surface area contributed by atoms with Gasteiger partial charge in [0.1, 0.15) is 0 Å². The number of ether oxygens (including phenoxy) is 1. The molecule has 0 saturated carbocycles. The number of carbonyl (C=O) groups is 1. The fraction of sp³-hybridized carbons (Fsp3) is 0.700. The number of hydrogen-bond donors (Lipinski definition) is 0. The van der Waals surface area contributed by atoms with Crippen LogP contribution in [0.15, 0.2) is 11.6 Å². The highest BCUT2D eigenvalue weighted by atomic mass is 16.5. The van der Waals surface area contributed by atoms with Gasteiger partial charge in [-0.2, -0.15) is 0 Å². The lowest BCUT2D eigenvalue weighted by molar-refractivity contribution is -0.137. The van der Waals surface area contributed by atoms with Gasteiger partial charge in [0, 0.05) is 5.92 Å². The molecule has 0 aromatic heterocycles. The fourth-order valence-electron chi connectivity index (χ4n) is 1.36. The molecule has 12 heavy (non-hydrogen) atoms. The largest absolute Gasteiger partial charge is 0.465 e. The van der Waals surface area contributed by atoms with Crippen molar-refractivity contribution in [3.8, 4) is 0 Å². The molecule has 2 heteroatoms. The van der Waals surface area contributed by atoms with Crippen LogP contribution in [0.25, 0.3) is 0 Å². The van der Waals surface area contributed by atoms with Crippen molar-refractivity contribution in [2.75, 3.05) is 6.61 Å². The van der Waals surface area contributed by atoms with Crippen LogP contribution in [0.3, 0.4) is 0 Å². The Morgan fingerprint density at radius 2 is 2.42 bits per heavy atom. The lowest BCUT2D eigenvalue weighted by atomic mass is 10.0. The molecule has 68 valence electrons. The van der Waals surface area contributed by atoms with Gasteiger partial charge in [-0.1, -0.05) is 11.6 Å². The van der Waals surface area contributed by atoms with Gasteiger partial charge in [0.25, 0.3) is 0 Å². The Labute approximate surface area is 73.6 Å². The summed E-state index contributed by atoms with van der Waals surface area (Å²) in [4.78, 5) is 10.7. The minimum atomic E-state index is -0.0304. The van der Waals surface area contributed by atoms with Crippen molar-refractivity contribution < 1.29 is 9.53 Å². The van der Waals surface area contributed by atoms with E-state index in [1.165, 1.54) is 5.57 Å². The Morgan fingerprint density at radius 3 is 2.92 bits per heavy atom. The number of allylic oxidation sites excluding steroid dienone is 2. The molecular formula is C10H16O2. The molecule has 0 amide bonds. The number of hydrogen-bond acceptors (Lipinski definition) is 2. The summed E-state index contributed by atoms with van der Waals surface area (Å²) >= 11 is 0. The molecule has 0 aliphatic carbocycles. The van der Waals surface area contributed by atoms with E-state index >= 15 is 0 Å². The Balaban J connectivity index is 2.16. The van der Waals surface area contributed by atoms with Crippen LogP contribution in [-0.2, 0) is 9.53 Å². The molecule has 1 rings (SSSR count). The van der Waals surface area contributed by atoms with E-state index in [1.807, 2.05) is 0 Å². The zero-order valence-corrected chi connectivity index (χ0v) is 7.80. The molecule has 0 radical (unpaired) electrons. The van der Waals surface area contributed by atoms with Crippen LogP contribution in [0.2, 0.25) is 0 Å². The summed E-state index contributed by atoms with van der Waals surface area (Å²) in [5.74, 6) is 0.435. The zero-order valence-electron chi connectivity index (χ0n) is 7.80. The first-order valence-electron chi connectivity index (χ1n) is 4.47. The maximum absolute atomic E-state index is 10.7. The summed E-state index contributed by atoms with van der Waals surface area (Å²) < 4.78 is 4.86. The van der Waals surface area contributed by atoms with E-state index in [1.54, 1.807) is 0 Å². The lowest BCUT2D eigenvalue weighted by Gasteiger charge is -2.01. The Kier molecular flexibility index (Phi) is 3.32. The topological polar surface area (TPSA) is 26.3 Å². The highest BCUT2D eigenvalue weighted by Gasteiger charge is 2.22. The molecule has 1 heterocycles. The second kappa shape index (κ2) is 4.29. The number of rotatable bonds is 3. The zero-order chi connectivity index (χ0) is 8.97. The molecule has 1 saturated heterocycles. The standard InChI is InChI=1S/C10H16O2/c1-8(2)4-3-5-9-6-10(11)12-7-9/h4,9H,3,5-7H2,1-2H3/t9-/m0/s1. The summed E-state index contributed by atoms with van der Waals surface area (Å²) in [5, 5.41) is 0. The van der Waals surface area contributed by atoms with E-state index in [9.17, 15) is 4.79 Å². The number of esters is 1. The quantitative estimate of drug-likeness (QED) is 0.477. The molecule has 0 aromatic carbocycles. The fourth-order valence-corrected chi connectivity index (χ4v) is 1.36. The predicted octanol–water partition coefficient (Wildman–Crippen LogP) is 2.30. The monoisotopic (exact) mass is 168 g/mol. The van der Waals surface area contributed by atoms with Crippen LogP contribution in [0.5, 0.6) is 0 Å². The van der Waals surface area contributed by atoms with Crippen LogP contribution in [0.4, 0.5) is 0 Å². The van der Waals surface area contributed by atoms with Crippen LogP contribution < -0.4 is 0 Å². The summed E-state index contributed by atoms with van der Waals surface area (Å²) in [6, 6.07) is 0. The summed E-state index contributed by atoms with van der Waals surface area (Å²) in [6.07, 6.45) is 4.99. The van der Waals surface area contributed by atoms with Gasteiger partial charge in [-0.3, -0.25) is 4.79 Å². The van der Waals surface area contributed by atoms with E-state index in [0.29, 0.717) is 18.9 Å². The highest BCUT2D eigenvalue weighted by molar-refractivity contribution is 5.71. The molecule has 2 nitrogen and oxygen atoms in total. The third-order valence-electron chi connectivity index (χ3n) is 2.06. The van der Waals surface area contributed by atoms with Gasteiger partial charge in [-0.15, -0.1) is 0 Å². The van der Waals surface area contributed by atoms with Crippen molar-refractivity contribution in [2.24, 2.45) is 5.92 Å². The van der Waals surface area contributed by atoms with Crippen molar-refractivity contribution in [3.05, 3.63) is 11.6 Å². The summed E-state index contributed by atoms with van der Waals surface area (Å²) in [6.45, 7) is 4.82. The maximum Gasteiger partial charge on any atom is 0.306 e. The lowest BCUT2D eigenvalue weighted by Crippen LogP contribution is -1.97. The normalized spacial score (nSPS) is 22.2. The highest BCUT2D eigenvalue weighted by Crippen LogP contribution is 2.19. The van der Waals surface area contributed by atoms with E-state index in [-0.39, 0.29) is 5.97 Å². The van der Waals surface area contributed by atoms with E-state index in [4.69, 9.17) is 4.74 Å². The Morgan fingerprint density at radius 1 is 1.67 bits per heavy atom. The molecule has 0 N–H and O–H groups in total. The molecule has 0 spiro atoms. The smallest absolute Gasteiger partial charge is 0.306 e. The van der Waals surface area contributed by atoms with Gasteiger partial charge < -0.3 is 4.74 Å². The van der Waals surface area contributed by atoms with Gasteiger partial charge in [-0.25, -0.2) is 0 Å². The Bertz CT molecular complexity index is 190. The molecule has 1 aliphatic heterocycles. The second-order valence-corrected chi connectivity index (χ2v) is 3.61. The second-order valence-electron chi connectivity index (χ2n) is 3.61. The third kappa shape index (κ3) is 3.07. The van der Waals surface area contributed by atoms with Crippen LogP contribution in [-0.4, -0.2) is 12.6 Å². The number of cyclic esters (lactones) is 1. The van der Waals surface area contributed by atoms with E-state index < -0.39 is 0 Å². The van der Waals surface area contributed by atoms with Crippen molar-refractivity contribution in [2.45, 2.75) is 33.1 Å². The average Bonchev–Trinajstić information content (AvgIpc) is 2.35. The van der Waals surface area contributed by atoms with Crippen molar-refractivity contribution in [1.29, 1.82) is 0 Å². The average molecular weight is 168 g/mol.